The Kier molecular flexibility index (Phi) is 3.57. The number of ketones is 1. The minimum absolute atomic E-state index is 0.366. The molecule has 0 aromatic heterocycles. The van der Waals surface area contributed by atoms with Gasteiger partial charge in [0.1, 0.15) is 5.78 Å². The van der Waals surface area contributed by atoms with Gasteiger partial charge in [-0.2, -0.15) is 0 Å². The van der Waals surface area contributed by atoms with Crippen molar-refractivity contribution in [2.75, 3.05) is 5.33 Å². The fourth-order valence-corrected chi connectivity index (χ4v) is 2.15. The Morgan fingerprint density at radius 2 is 1.91 bits per heavy atom. The highest BCUT2D eigenvalue weighted by Crippen LogP contribution is 2.28. The number of hydrogen-bond acceptors (Lipinski definition) is 1. The van der Waals surface area contributed by atoms with E-state index in [4.69, 9.17) is 0 Å². The number of hydrogen-bond donors (Lipinski definition) is 0. The predicted molar refractivity (Wildman–Crippen MR) is 49.9 cm³/mol. The first kappa shape index (κ1) is 9.24. The molecule has 0 aliphatic heterocycles. The van der Waals surface area contributed by atoms with Gasteiger partial charge in [-0.1, -0.05) is 35.7 Å². The first-order valence-corrected chi connectivity index (χ1v) is 5.45. The van der Waals surface area contributed by atoms with Crippen LogP contribution in [0.4, 0.5) is 0 Å². The van der Waals surface area contributed by atoms with E-state index in [1.807, 2.05) is 0 Å². The van der Waals surface area contributed by atoms with Crippen LogP contribution >= 0.6 is 15.9 Å². The lowest BCUT2D eigenvalue weighted by Crippen LogP contribution is -2.21. The van der Waals surface area contributed by atoms with Crippen LogP contribution in [0.2, 0.25) is 0 Å². The van der Waals surface area contributed by atoms with Crippen LogP contribution in [0.15, 0.2) is 0 Å². The molecule has 0 aromatic rings. The Morgan fingerprint density at radius 3 is 2.36 bits per heavy atom. The molecular formula is C9H15BrO. The summed E-state index contributed by atoms with van der Waals surface area (Å²) in [4.78, 5) is 11.2. The van der Waals surface area contributed by atoms with E-state index in [2.05, 4.69) is 22.9 Å². The van der Waals surface area contributed by atoms with Gasteiger partial charge in [0.05, 0.1) is 5.33 Å². The van der Waals surface area contributed by atoms with Crippen molar-refractivity contribution in [3.05, 3.63) is 0 Å². The Labute approximate surface area is 76.7 Å². The number of rotatable bonds is 2. The largest absolute Gasteiger partial charge is 0.298 e. The monoisotopic (exact) mass is 218 g/mol. The van der Waals surface area contributed by atoms with Crippen LogP contribution in [-0.2, 0) is 4.79 Å². The lowest BCUT2D eigenvalue weighted by atomic mass is 9.81. The molecule has 2 heteroatoms. The van der Waals surface area contributed by atoms with Gasteiger partial charge in [-0.05, 0) is 18.8 Å². The van der Waals surface area contributed by atoms with Crippen LogP contribution in [0, 0.1) is 11.8 Å². The van der Waals surface area contributed by atoms with Crippen molar-refractivity contribution in [2.24, 2.45) is 11.8 Å². The Balaban J connectivity index is 2.33. The molecule has 64 valence electrons. The van der Waals surface area contributed by atoms with Gasteiger partial charge in [-0.3, -0.25) is 4.79 Å². The molecule has 0 N–H and O–H groups in total. The van der Waals surface area contributed by atoms with Gasteiger partial charge in [0, 0.05) is 5.92 Å². The van der Waals surface area contributed by atoms with Crippen LogP contribution in [0.25, 0.3) is 0 Å². The SMILES string of the molecule is CC1CCC(C(=O)CBr)CC1. The smallest absolute Gasteiger partial charge is 0.146 e. The molecule has 1 aliphatic rings. The summed E-state index contributed by atoms with van der Waals surface area (Å²) in [6.07, 6.45) is 4.71. The molecule has 0 amide bonds. The minimum atomic E-state index is 0.366. The molecule has 11 heavy (non-hydrogen) atoms. The van der Waals surface area contributed by atoms with Crippen molar-refractivity contribution in [3.63, 3.8) is 0 Å². The summed E-state index contributed by atoms with van der Waals surface area (Å²) in [6.45, 7) is 2.27. The Morgan fingerprint density at radius 1 is 1.36 bits per heavy atom. The van der Waals surface area contributed by atoms with Crippen molar-refractivity contribution in [1.82, 2.24) is 0 Å². The molecule has 1 fully saturated rings. The summed E-state index contributed by atoms with van der Waals surface area (Å²) in [5, 5.41) is 0.548. The first-order chi connectivity index (χ1) is 5.24. The fourth-order valence-electron chi connectivity index (χ4n) is 1.69. The Bertz CT molecular complexity index is 136. The van der Waals surface area contributed by atoms with E-state index < -0.39 is 0 Å². The van der Waals surface area contributed by atoms with E-state index in [9.17, 15) is 4.79 Å². The zero-order valence-corrected chi connectivity index (χ0v) is 8.56. The van der Waals surface area contributed by atoms with Gasteiger partial charge in [0.15, 0.2) is 0 Å². The second kappa shape index (κ2) is 4.24. The van der Waals surface area contributed by atoms with Gasteiger partial charge in [-0.25, -0.2) is 0 Å². The predicted octanol–water partition coefficient (Wildman–Crippen LogP) is 2.78. The second-order valence-electron chi connectivity index (χ2n) is 3.56. The average molecular weight is 219 g/mol. The van der Waals surface area contributed by atoms with Crippen LogP contribution < -0.4 is 0 Å². The average Bonchev–Trinajstić information content (AvgIpc) is 2.05. The van der Waals surface area contributed by atoms with Crippen molar-refractivity contribution >= 4 is 21.7 Å². The molecule has 0 saturated heterocycles. The summed E-state index contributed by atoms with van der Waals surface area (Å²) < 4.78 is 0. The molecular weight excluding hydrogens is 204 g/mol. The maximum atomic E-state index is 11.2. The van der Waals surface area contributed by atoms with Crippen LogP contribution in [0.1, 0.15) is 32.6 Å². The maximum absolute atomic E-state index is 11.2. The van der Waals surface area contributed by atoms with Crippen LogP contribution in [-0.4, -0.2) is 11.1 Å². The van der Waals surface area contributed by atoms with Crippen LogP contribution in [0.3, 0.4) is 0 Å². The van der Waals surface area contributed by atoms with Crippen molar-refractivity contribution in [3.8, 4) is 0 Å². The van der Waals surface area contributed by atoms with Crippen LogP contribution in [0.5, 0.6) is 0 Å². The quantitative estimate of drug-likeness (QED) is 0.652. The van der Waals surface area contributed by atoms with E-state index in [1.54, 1.807) is 0 Å². The number of carbonyl (C=O) groups is 1. The lowest BCUT2D eigenvalue weighted by Gasteiger charge is -2.24. The summed E-state index contributed by atoms with van der Waals surface area (Å²) in [6, 6.07) is 0. The third-order valence-electron chi connectivity index (χ3n) is 2.60. The number of alkyl halides is 1. The highest BCUT2D eigenvalue weighted by molar-refractivity contribution is 9.09. The number of halogens is 1. The third kappa shape index (κ3) is 2.58. The van der Waals surface area contributed by atoms with E-state index >= 15 is 0 Å². The zero-order chi connectivity index (χ0) is 8.27. The van der Waals surface area contributed by atoms with E-state index in [0.717, 1.165) is 18.8 Å². The summed E-state index contributed by atoms with van der Waals surface area (Å²) in [7, 11) is 0. The molecule has 1 aliphatic carbocycles. The van der Waals surface area contributed by atoms with Crippen molar-refractivity contribution < 1.29 is 4.79 Å². The van der Waals surface area contributed by atoms with E-state index in [-0.39, 0.29) is 0 Å². The van der Waals surface area contributed by atoms with E-state index in [1.165, 1.54) is 12.8 Å². The van der Waals surface area contributed by atoms with Gasteiger partial charge >= 0.3 is 0 Å². The van der Waals surface area contributed by atoms with Crippen molar-refractivity contribution in [2.45, 2.75) is 32.6 Å². The summed E-state index contributed by atoms with van der Waals surface area (Å²) >= 11 is 3.22. The van der Waals surface area contributed by atoms with Gasteiger partial charge in [0.2, 0.25) is 0 Å². The Hall–Kier alpha value is 0.150. The highest BCUT2D eigenvalue weighted by atomic mass is 79.9. The minimum Gasteiger partial charge on any atom is -0.298 e. The zero-order valence-electron chi connectivity index (χ0n) is 6.98. The van der Waals surface area contributed by atoms with E-state index in [0.29, 0.717) is 17.0 Å². The normalized spacial score (nSPS) is 31.8. The molecule has 0 bridgehead atoms. The van der Waals surface area contributed by atoms with Gasteiger partial charge in [0.25, 0.3) is 0 Å². The molecule has 1 saturated carbocycles. The molecule has 0 heterocycles. The molecule has 0 radical (unpaired) electrons. The van der Waals surface area contributed by atoms with Gasteiger partial charge in [-0.15, -0.1) is 0 Å². The topological polar surface area (TPSA) is 17.1 Å². The molecule has 0 atom stereocenters. The van der Waals surface area contributed by atoms with Gasteiger partial charge < -0.3 is 0 Å². The number of Topliss-reactive ketones (excluding diaryl/α,β-unsaturated/α-hetero) is 1. The summed E-state index contributed by atoms with van der Waals surface area (Å²) in [5.74, 6) is 1.61. The lowest BCUT2D eigenvalue weighted by molar-refractivity contribution is -0.121. The first-order valence-electron chi connectivity index (χ1n) is 4.32. The number of carbonyl (C=O) groups excluding carboxylic acids is 1. The molecule has 1 rings (SSSR count). The molecule has 0 spiro atoms. The maximum Gasteiger partial charge on any atom is 0.146 e. The third-order valence-corrected chi connectivity index (χ3v) is 3.16. The standard InChI is InChI=1S/C9H15BrO/c1-7-2-4-8(5-3-7)9(11)6-10/h7-8H,2-6H2,1H3. The molecule has 0 unspecified atom stereocenters. The molecule has 1 nitrogen and oxygen atoms in total. The fraction of sp³-hybridized carbons (Fsp3) is 0.889. The second-order valence-corrected chi connectivity index (χ2v) is 4.12. The summed E-state index contributed by atoms with van der Waals surface area (Å²) in [5.41, 5.74) is 0. The van der Waals surface area contributed by atoms with Crippen molar-refractivity contribution in [1.29, 1.82) is 0 Å². The highest BCUT2D eigenvalue weighted by Gasteiger charge is 2.22. The molecule has 0 aromatic carbocycles.